The van der Waals surface area contributed by atoms with Gasteiger partial charge in [0.2, 0.25) is 0 Å². The van der Waals surface area contributed by atoms with E-state index in [0.29, 0.717) is 13.2 Å². The van der Waals surface area contributed by atoms with Crippen LogP contribution in [0, 0.1) is 0 Å². The van der Waals surface area contributed by atoms with Crippen molar-refractivity contribution in [3.63, 3.8) is 0 Å². The molecule has 1 saturated heterocycles. The average Bonchev–Trinajstić information content (AvgIpc) is 2.38. The molecule has 5 heteroatoms. The van der Waals surface area contributed by atoms with Gasteiger partial charge in [-0.2, -0.15) is 0 Å². The number of hydrogen-bond donors (Lipinski definition) is 1. The number of benzene rings is 1. The van der Waals surface area contributed by atoms with Gasteiger partial charge >= 0.3 is 0 Å². The third-order valence-electron chi connectivity index (χ3n) is 3.21. The zero-order valence-corrected chi connectivity index (χ0v) is 13.8. The van der Waals surface area contributed by atoms with Gasteiger partial charge in [-0.05, 0) is 32.0 Å². The molecule has 1 unspecified atom stereocenters. The highest BCUT2D eigenvalue weighted by molar-refractivity contribution is 9.10. The predicted molar refractivity (Wildman–Crippen MR) is 82.2 cm³/mol. The van der Waals surface area contributed by atoms with Gasteiger partial charge in [-0.3, -0.25) is 0 Å². The second-order valence-corrected chi connectivity index (χ2v) is 6.52. The molecule has 1 atom stereocenters. The molecule has 0 bridgehead atoms. The molecule has 1 N–H and O–H groups in total. The van der Waals surface area contributed by atoms with Crippen molar-refractivity contribution in [1.82, 2.24) is 5.32 Å². The molecule has 0 radical (unpaired) electrons. The second kappa shape index (κ2) is 6.89. The molecule has 1 fully saturated rings. The number of morpholine rings is 1. The van der Waals surface area contributed by atoms with Crippen LogP contribution in [0.4, 0.5) is 0 Å². The van der Waals surface area contributed by atoms with Crippen molar-refractivity contribution in [2.24, 2.45) is 0 Å². The summed E-state index contributed by atoms with van der Waals surface area (Å²) in [6.45, 7) is 6.98. The predicted octanol–water partition coefficient (Wildman–Crippen LogP) is 2.74. The summed E-state index contributed by atoms with van der Waals surface area (Å²) in [7, 11) is 1.67. The number of rotatable bonds is 5. The van der Waals surface area contributed by atoms with Gasteiger partial charge in [-0.1, -0.05) is 15.9 Å². The van der Waals surface area contributed by atoms with Gasteiger partial charge in [0.25, 0.3) is 0 Å². The van der Waals surface area contributed by atoms with Crippen molar-refractivity contribution in [2.75, 3.05) is 26.8 Å². The summed E-state index contributed by atoms with van der Waals surface area (Å²) in [5.41, 5.74) is 0.907. The Morgan fingerprint density at radius 2 is 2.25 bits per heavy atom. The first kappa shape index (κ1) is 15.8. The maximum absolute atomic E-state index is 5.96. The van der Waals surface area contributed by atoms with Crippen molar-refractivity contribution in [2.45, 2.75) is 32.2 Å². The summed E-state index contributed by atoms with van der Waals surface area (Å²) >= 11 is 3.46. The van der Waals surface area contributed by atoms with Crippen molar-refractivity contribution in [3.05, 3.63) is 28.2 Å². The van der Waals surface area contributed by atoms with E-state index in [1.165, 1.54) is 0 Å². The van der Waals surface area contributed by atoms with E-state index in [1.807, 2.05) is 18.2 Å². The van der Waals surface area contributed by atoms with Crippen molar-refractivity contribution in [1.29, 1.82) is 0 Å². The zero-order valence-electron chi connectivity index (χ0n) is 12.2. The molecule has 20 heavy (non-hydrogen) atoms. The Kier molecular flexibility index (Phi) is 5.43. The maximum Gasteiger partial charge on any atom is 0.124 e. The number of methoxy groups -OCH3 is 1. The standard InChI is InChI=1S/C15H22BrNO3/c1-15(2)10-17-7-13(20-15)9-19-8-11-6-12(16)4-5-14(11)18-3/h4-6,13,17H,7-10H2,1-3H3. The van der Waals surface area contributed by atoms with Crippen molar-refractivity contribution < 1.29 is 14.2 Å². The largest absolute Gasteiger partial charge is 0.496 e. The molecule has 0 saturated carbocycles. The summed E-state index contributed by atoms with van der Waals surface area (Å²) in [4.78, 5) is 0. The van der Waals surface area contributed by atoms with Crippen LogP contribution in [0.15, 0.2) is 22.7 Å². The van der Waals surface area contributed by atoms with E-state index in [9.17, 15) is 0 Å². The minimum atomic E-state index is -0.125. The van der Waals surface area contributed by atoms with E-state index in [1.54, 1.807) is 7.11 Å². The molecule has 1 heterocycles. The highest BCUT2D eigenvalue weighted by Crippen LogP contribution is 2.24. The Balaban J connectivity index is 1.85. The summed E-state index contributed by atoms with van der Waals surface area (Å²) in [6.07, 6.45) is 0.0943. The van der Waals surface area contributed by atoms with Crippen LogP contribution in [0.2, 0.25) is 0 Å². The summed E-state index contributed by atoms with van der Waals surface area (Å²) in [6, 6.07) is 5.91. The summed E-state index contributed by atoms with van der Waals surface area (Å²) in [5.74, 6) is 0.844. The van der Waals surface area contributed by atoms with Gasteiger partial charge in [-0.15, -0.1) is 0 Å². The molecule has 0 amide bonds. The third-order valence-corrected chi connectivity index (χ3v) is 3.71. The minimum absolute atomic E-state index is 0.0943. The van der Waals surface area contributed by atoms with Crippen LogP contribution in [-0.4, -0.2) is 38.5 Å². The molecule has 112 valence electrons. The fourth-order valence-corrected chi connectivity index (χ4v) is 2.73. The first-order valence-electron chi connectivity index (χ1n) is 6.79. The van der Waals surface area contributed by atoms with E-state index in [2.05, 4.69) is 35.1 Å². The van der Waals surface area contributed by atoms with Crippen LogP contribution in [0.5, 0.6) is 5.75 Å². The van der Waals surface area contributed by atoms with Crippen LogP contribution < -0.4 is 10.1 Å². The van der Waals surface area contributed by atoms with Gasteiger partial charge in [0, 0.05) is 23.1 Å². The maximum atomic E-state index is 5.96. The van der Waals surface area contributed by atoms with Gasteiger partial charge in [0.05, 0.1) is 32.0 Å². The average molecular weight is 344 g/mol. The second-order valence-electron chi connectivity index (χ2n) is 5.60. The number of ether oxygens (including phenoxy) is 3. The molecule has 0 aliphatic carbocycles. The van der Waals surface area contributed by atoms with Crippen LogP contribution >= 0.6 is 15.9 Å². The van der Waals surface area contributed by atoms with Crippen LogP contribution in [0.3, 0.4) is 0 Å². The molecular formula is C15H22BrNO3. The first-order valence-corrected chi connectivity index (χ1v) is 7.58. The molecule has 4 nitrogen and oxygen atoms in total. The Bertz CT molecular complexity index is 451. The molecule has 0 spiro atoms. The SMILES string of the molecule is COc1ccc(Br)cc1COCC1CNCC(C)(C)O1. The minimum Gasteiger partial charge on any atom is -0.496 e. The highest BCUT2D eigenvalue weighted by atomic mass is 79.9. The van der Waals surface area contributed by atoms with E-state index in [4.69, 9.17) is 14.2 Å². The Morgan fingerprint density at radius 3 is 2.95 bits per heavy atom. The van der Waals surface area contributed by atoms with Crippen LogP contribution in [0.25, 0.3) is 0 Å². The van der Waals surface area contributed by atoms with E-state index >= 15 is 0 Å². The topological polar surface area (TPSA) is 39.7 Å². The fourth-order valence-electron chi connectivity index (χ4n) is 2.32. The first-order chi connectivity index (χ1) is 9.50. The van der Waals surface area contributed by atoms with Gasteiger partial charge in [0.1, 0.15) is 5.75 Å². The van der Waals surface area contributed by atoms with Crippen LogP contribution in [-0.2, 0) is 16.1 Å². The lowest BCUT2D eigenvalue weighted by Crippen LogP contribution is -2.51. The molecule has 0 aromatic heterocycles. The Labute approximate surface area is 128 Å². The van der Waals surface area contributed by atoms with E-state index in [-0.39, 0.29) is 11.7 Å². The van der Waals surface area contributed by atoms with Gasteiger partial charge in [-0.25, -0.2) is 0 Å². The molecule has 1 aliphatic rings. The van der Waals surface area contributed by atoms with Gasteiger partial charge < -0.3 is 19.5 Å². The summed E-state index contributed by atoms with van der Waals surface area (Å²) < 4.78 is 18.1. The third kappa shape index (κ3) is 4.45. The number of halogens is 1. The Hall–Kier alpha value is -0.620. The van der Waals surface area contributed by atoms with Crippen LogP contribution in [0.1, 0.15) is 19.4 Å². The number of nitrogens with one attached hydrogen (secondary N) is 1. The molecule has 1 aliphatic heterocycles. The highest BCUT2D eigenvalue weighted by Gasteiger charge is 2.28. The summed E-state index contributed by atoms with van der Waals surface area (Å²) in [5, 5.41) is 3.37. The quantitative estimate of drug-likeness (QED) is 0.892. The van der Waals surface area contributed by atoms with E-state index < -0.39 is 0 Å². The molecule has 1 aromatic carbocycles. The lowest BCUT2D eigenvalue weighted by molar-refractivity contribution is -0.122. The number of hydrogen-bond acceptors (Lipinski definition) is 4. The van der Waals surface area contributed by atoms with Gasteiger partial charge in [0.15, 0.2) is 0 Å². The van der Waals surface area contributed by atoms with Crippen molar-refractivity contribution >= 4 is 15.9 Å². The Morgan fingerprint density at radius 1 is 1.45 bits per heavy atom. The monoisotopic (exact) mass is 343 g/mol. The molecular weight excluding hydrogens is 322 g/mol. The van der Waals surface area contributed by atoms with E-state index in [0.717, 1.165) is 28.9 Å². The van der Waals surface area contributed by atoms with Crippen molar-refractivity contribution in [3.8, 4) is 5.75 Å². The zero-order chi connectivity index (χ0) is 14.6. The normalized spacial score (nSPS) is 21.7. The molecule has 1 aromatic rings. The fraction of sp³-hybridized carbons (Fsp3) is 0.600. The lowest BCUT2D eigenvalue weighted by atomic mass is 10.1. The molecule has 2 rings (SSSR count). The smallest absolute Gasteiger partial charge is 0.124 e. The lowest BCUT2D eigenvalue weighted by Gasteiger charge is -2.36.